The third kappa shape index (κ3) is 2.47. The Morgan fingerprint density at radius 2 is 1.85 bits per heavy atom. The van der Waals surface area contributed by atoms with Crippen molar-refractivity contribution in [2.75, 3.05) is 0 Å². The van der Waals surface area contributed by atoms with Crippen molar-refractivity contribution in [3.63, 3.8) is 0 Å². The summed E-state index contributed by atoms with van der Waals surface area (Å²) in [5.74, 6) is -0.365. The number of fused-ring (bicyclic) bond motifs is 1. The molecule has 1 aromatic carbocycles. The SMILES string of the molecule is Cc1cc(C)cc(-c2sc(C)nc2C(=O)N2[C@H]3C[C@]3(C(N)=O)C[C@@H]2C)c1. The van der Waals surface area contributed by atoms with E-state index >= 15 is 0 Å². The highest BCUT2D eigenvalue weighted by Gasteiger charge is 2.68. The van der Waals surface area contributed by atoms with Crippen LogP contribution < -0.4 is 5.73 Å². The minimum Gasteiger partial charge on any atom is -0.369 e. The highest BCUT2D eigenvalue weighted by atomic mass is 32.1. The van der Waals surface area contributed by atoms with Gasteiger partial charge in [0.05, 0.1) is 15.3 Å². The van der Waals surface area contributed by atoms with E-state index in [1.54, 1.807) is 11.3 Å². The molecule has 1 aliphatic carbocycles. The molecule has 4 rings (SSSR count). The standard InChI is InChI=1S/C20H23N3O2S/c1-10-5-11(2)7-14(6-10)17-16(22-13(4)26-17)18(24)23-12(3)8-20(19(21)25)9-15(20)23/h5-7,12,15H,8-9H2,1-4H3,(H2,21,25)/t12-,15-,20+/m0/s1. The first-order valence-electron chi connectivity index (χ1n) is 8.91. The Morgan fingerprint density at radius 3 is 2.42 bits per heavy atom. The van der Waals surface area contributed by atoms with Crippen LogP contribution in [0.2, 0.25) is 0 Å². The third-order valence-electron chi connectivity index (χ3n) is 5.65. The van der Waals surface area contributed by atoms with Crippen molar-refractivity contribution in [3.8, 4) is 10.4 Å². The zero-order valence-corrected chi connectivity index (χ0v) is 16.3. The zero-order valence-electron chi connectivity index (χ0n) is 15.5. The number of primary amides is 1. The van der Waals surface area contributed by atoms with Crippen LogP contribution in [0.3, 0.4) is 0 Å². The number of benzene rings is 1. The van der Waals surface area contributed by atoms with Gasteiger partial charge in [0.25, 0.3) is 5.91 Å². The lowest BCUT2D eigenvalue weighted by Crippen LogP contribution is -2.37. The van der Waals surface area contributed by atoms with Crippen molar-refractivity contribution in [3.05, 3.63) is 40.0 Å². The molecular formula is C20H23N3O2S. The number of amides is 2. The van der Waals surface area contributed by atoms with Gasteiger partial charge in [-0.1, -0.05) is 29.3 Å². The topological polar surface area (TPSA) is 76.3 Å². The summed E-state index contributed by atoms with van der Waals surface area (Å²) in [6.07, 6.45) is 1.33. The first kappa shape index (κ1) is 17.2. The average Bonchev–Trinajstić information content (AvgIpc) is 2.98. The van der Waals surface area contributed by atoms with Gasteiger partial charge >= 0.3 is 0 Å². The summed E-state index contributed by atoms with van der Waals surface area (Å²) in [6, 6.07) is 6.23. The van der Waals surface area contributed by atoms with Crippen LogP contribution in [0.5, 0.6) is 0 Å². The summed E-state index contributed by atoms with van der Waals surface area (Å²) < 4.78 is 0. The number of nitrogens with two attached hydrogens (primary N) is 1. The van der Waals surface area contributed by atoms with E-state index in [-0.39, 0.29) is 23.9 Å². The molecule has 2 fully saturated rings. The van der Waals surface area contributed by atoms with Gasteiger partial charge in [-0.25, -0.2) is 4.98 Å². The molecule has 26 heavy (non-hydrogen) atoms. The minimum absolute atomic E-state index is 0.00264. The Kier molecular flexibility index (Phi) is 3.74. The molecule has 1 saturated carbocycles. The second kappa shape index (κ2) is 5.64. The van der Waals surface area contributed by atoms with Crippen LogP contribution in [0, 0.1) is 26.2 Å². The molecule has 6 heteroatoms. The molecular weight excluding hydrogens is 346 g/mol. The van der Waals surface area contributed by atoms with Crippen molar-refractivity contribution in [2.45, 2.75) is 52.6 Å². The molecule has 0 bridgehead atoms. The molecule has 136 valence electrons. The van der Waals surface area contributed by atoms with Gasteiger partial charge < -0.3 is 10.6 Å². The van der Waals surface area contributed by atoms with Crippen LogP contribution in [0.4, 0.5) is 0 Å². The molecule has 2 aromatic rings. The second-order valence-corrected chi connectivity index (χ2v) is 9.00. The number of rotatable bonds is 3. The highest BCUT2D eigenvalue weighted by Crippen LogP contribution is 2.59. The molecule has 0 spiro atoms. The molecule has 2 amide bonds. The summed E-state index contributed by atoms with van der Waals surface area (Å²) in [5, 5.41) is 0.867. The number of hydrogen-bond donors (Lipinski definition) is 1. The maximum atomic E-state index is 13.4. The van der Waals surface area contributed by atoms with Gasteiger partial charge in [0.15, 0.2) is 0 Å². The number of piperidine rings is 1. The molecule has 1 saturated heterocycles. The zero-order chi connectivity index (χ0) is 18.8. The van der Waals surface area contributed by atoms with E-state index in [9.17, 15) is 9.59 Å². The summed E-state index contributed by atoms with van der Waals surface area (Å²) in [6.45, 7) is 8.02. The number of carbonyl (C=O) groups is 2. The molecule has 2 N–H and O–H groups in total. The van der Waals surface area contributed by atoms with Crippen LogP contribution in [0.15, 0.2) is 18.2 Å². The molecule has 1 aromatic heterocycles. The van der Waals surface area contributed by atoms with E-state index in [4.69, 9.17) is 5.73 Å². The molecule has 1 aliphatic heterocycles. The van der Waals surface area contributed by atoms with Gasteiger partial charge in [-0.3, -0.25) is 9.59 Å². The van der Waals surface area contributed by atoms with Gasteiger partial charge in [-0.15, -0.1) is 11.3 Å². The Balaban J connectivity index is 1.73. The monoisotopic (exact) mass is 369 g/mol. The van der Waals surface area contributed by atoms with E-state index in [2.05, 4.69) is 37.0 Å². The molecule has 2 heterocycles. The number of hydrogen-bond acceptors (Lipinski definition) is 4. The smallest absolute Gasteiger partial charge is 0.274 e. The molecule has 3 atom stereocenters. The lowest BCUT2D eigenvalue weighted by molar-refractivity contribution is -0.123. The number of carbonyl (C=O) groups excluding carboxylic acids is 2. The summed E-state index contributed by atoms with van der Waals surface area (Å²) in [7, 11) is 0. The fourth-order valence-electron chi connectivity index (χ4n) is 4.51. The van der Waals surface area contributed by atoms with Crippen LogP contribution in [-0.4, -0.2) is 33.8 Å². The predicted octanol–water partition coefficient (Wildman–Crippen LogP) is 3.21. The van der Waals surface area contributed by atoms with Crippen molar-refractivity contribution in [1.82, 2.24) is 9.88 Å². The van der Waals surface area contributed by atoms with Crippen LogP contribution in [0.25, 0.3) is 10.4 Å². The predicted molar refractivity (Wildman–Crippen MR) is 102 cm³/mol. The van der Waals surface area contributed by atoms with Gasteiger partial charge in [-0.2, -0.15) is 0 Å². The van der Waals surface area contributed by atoms with Crippen molar-refractivity contribution in [2.24, 2.45) is 11.1 Å². The van der Waals surface area contributed by atoms with Crippen molar-refractivity contribution >= 4 is 23.2 Å². The first-order valence-corrected chi connectivity index (χ1v) is 9.73. The number of likely N-dealkylation sites (tertiary alicyclic amines) is 1. The lowest BCUT2D eigenvalue weighted by Gasteiger charge is -2.24. The highest BCUT2D eigenvalue weighted by molar-refractivity contribution is 7.15. The quantitative estimate of drug-likeness (QED) is 0.902. The number of aryl methyl sites for hydroxylation is 3. The normalized spacial score (nSPS) is 26.7. The number of thiazole rings is 1. The van der Waals surface area contributed by atoms with Crippen molar-refractivity contribution < 1.29 is 9.59 Å². The van der Waals surface area contributed by atoms with Gasteiger partial charge in [0, 0.05) is 12.1 Å². The number of aromatic nitrogens is 1. The largest absolute Gasteiger partial charge is 0.369 e. The Bertz CT molecular complexity index is 915. The lowest BCUT2D eigenvalue weighted by atomic mass is 10.00. The number of nitrogens with zero attached hydrogens (tertiary/aromatic N) is 2. The summed E-state index contributed by atoms with van der Waals surface area (Å²) in [5.41, 5.74) is 8.94. The second-order valence-electron chi connectivity index (χ2n) is 7.79. The van der Waals surface area contributed by atoms with Crippen molar-refractivity contribution in [1.29, 1.82) is 0 Å². The van der Waals surface area contributed by atoms with E-state index in [0.29, 0.717) is 18.5 Å². The fourth-order valence-corrected chi connectivity index (χ4v) is 5.40. The van der Waals surface area contributed by atoms with Crippen LogP contribution in [-0.2, 0) is 4.79 Å². The summed E-state index contributed by atoms with van der Waals surface area (Å²) in [4.78, 5) is 32.5. The average molecular weight is 369 g/mol. The van der Waals surface area contributed by atoms with E-state index in [1.807, 2.05) is 18.7 Å². The Hall–Kier alpha value is -2.21. The molecule has 0 radical (unpaired) electrons. The Morgan fingerprint density at radius 1 is 1.19 bits per heavy atom. The molecule has 5 nitrogen and oxygen atoms in total. The minimum atomic E-state index is -0.514. The van der Waals surface area contributed by atoms with Gasteiger partial charge in [0.2, 0.25) is 5.91 Å². The third-order valence-corrected chi connectivity index (χ3v) is 6.67. The van der Waals surface area contributed by atoms with Gasteiger partial charge in [0.1, 0.15) is 5.69 Å². The maximum Gasteiger partial charge on any atom is 0.274 e. The summed E-state index contributed by atoms with van der Waals surface area (Å²) >= 11 is 1.54. The molecule has 0 unspecified atom stereocenters. The van der Waals surface area contributed by atoms with E-state index in [0.717, 1.165) is 26.6 Å². The van der Waals surface area contributed by atoms with E-state index < -0.39 is 5.41 Å². The first-order chi connectivity index (χ1) is 12.2. The van der Waals surface area contributed by atoms with Gasteiger partial charge in [-0.05, 0) is 46.1 Å². The van der Waals surface area contributed by atoms with E-state index in [1.165, 1.54) is 0 Å². The maximum absolute atomic E-state index is 13.4. The van der Waals surface area contributed by atoms with Crippen LogP contribution >= 0.6 is 11.3 Å². The molecule has 2 aliphatic rings. The van der Waals surface area contributed by atoms with Crippen LogP contribution in [0.1, 0.15) is 46.4 Å². The Labute approximate surface area is 157 Å². The fraction of sp³-hybridized carbons (Fsp3) is 0.450.